The Balaban J connectivity index is 1.07. The van der Waals surface area contributed by atoms with E-state index in [1.165, 1.54) is 102 Å². The topological polar surface area (TPSA) is 63.6 Å². The molecule has 292 valence electrons. The molecule has 0 heterocycles. The molecule has 0 aliphatic heterocycles. The number of carbonyl (C=O) groups is 2. The number of ether oxygens (including phenoxy) is 1. The van der Waals surface area contributed by atoms with E-state index in [4.69, 9.17) is 4.74 Å². The molecule has 0 aromatic carbocycles. The molecule has 1 N–H and O–H groups in total. The number of allylic oxidation sites excluding steroid dienone is 2. The van der Waals surface area contributed by atoms with Crippen molar-refractivity contribution in [3.05, 3.63) is 11.6 Å². The number of aliphatic hydroxyl groups excluding tert-OH is 1. The summed E-state index contributed by atoms with van der Waals surface area (Å²) >= 11 is 0. The first kappa shape index (κ1) is 41.0. The number of fused-ring (bicyclic) bond motifs is 7. The number of carbonyl (C=O) groups excluding carboxylic acids is 2. The number of rotatable bonds is 18. The van der Waals surface area contributed by atoms with Crippen LogP contribution in [0.4, 0.5) is 0 Å². The van der Waals surface area contributed by atoms with Gasteiger partial charge >= 0.3 is 5.97 Å². The normalized spacial score (nSPS) is 38.5. The first-order valence-corrected chi connectivity index (χ1v) is 22.4. The highest BCUT2D eigenvalue weighted by atomic mass is 16.5. The Morgan fingerprint density at radius 2 is 1.29 bits per heavy atom. The molecule has 0 aromatic rings. The summed E-state index contributed by atoms with van der Waals surface area (Å²) < 4.78 is 5.96. The number of ketones is 1. The van der Waals surface area contributed by atoms with Gasteiger partial charge in [-0.3, -0.25) is 9.59 Å². The average molecular weight is 709 g/mol. The summed E-state index contributed by atoms with van der Waals surface area (Å²) in [6.45, 7) is 17.1. The van der Waals surface area contributed by atoms with Gasteiger partial charge in [-0.25, -0.2) is 0 Å². The molecule has 0 bridgehead atoms. The van der Waals surface area contributed by atoms with Crippen LogP contribution in [-0.2, 0) is 14.3 Å². The van der Waals surface area contributed by atoms with E-state index in [1.807, 2.05) is 0 Å². The van der Waals surface area contributed by atoms with Crippen molar-refractivity contribution in [3.63, 3.8) is 0 Å². The van der Waals surface area contributed by atoms with Crippen LogP contribution in [0.25, 0.3) is 0 Å². The molecule has 9 atom stereocenters. The molecule has 4 fully saturated rings. The molecule has 0 aromatic heterocycles. The summed E-state index contributed by atoms with van der Waals surface area (Å²) in [4.78, 5) is 28.0. The number of aliphatic hydroxyl groups is 1. The fourth-order valence-corrected chi connectivity index (χ4v) is 13.2. The van der Waals surface area contributed by atoms with Crippen LogP contribution >= 0.6 is 0 Å². The molecule has 5 aliphatic carbocycles. The van der Waals surface area contributed by atoms with Crippen molar-refractivity contribution < 1.29 is 19.4 Å². The predicted octanol–water partition coefficient (Wildman–Crippen LogP) is 12.7. The Labute approximate surface area is 314 Å². The molecule has 0 saturated heterocycles. The van der Waals surface area contributed by atoms with Gasteiger partial charge in [0.2, 0.25) is 0 Å². The monoisotopic (exact) mass is 709 g/mol. The Bertz CT molecular complexity index is 1200. The first-order valence-electron chi connectivity index (χ1n) is 22.4. The van der Waals surface area contributed by atoms with E-state index in [9.17, 15) is 14.7 Å². The Kier molecular flexibility index (Phi) is 13.8. The van der Waals surface area contributed by atoms with Crippen molar-refractivity contribution in [1.29, 1.82) is 0 Å². The lowest BCUT2D eigenvalue weighted by atomic mass is 9.33. The van der Waals surface area contributed by atoms with Crippen molar-refractivity contribution in [2.75, 3.05) is 6.61 Å². The molecule has 5 rings (SSSR count). The summed E-state index contributed by atoms with van der Waals surface area (Å²) in [7, 11) is 0. The van der Waals surface area contributed by atoms with Gasteiger partial charge in [0.15, 0.2) is 5.78 Å². The zero-order valence-electron chi connectivity index (χ0n) is 34.5. The highest BCUT2D eigenvalue weighted by Crippen LogP contribution is 2.74. The molecular weight excluding hydrogens is 629 g/mol. The van der Waals surface area contributed by atoms with E-state index in [2.05, 4.69) is 54.5 Å². The van der Waals surface area contributed by atoms with Crippen LogP contribution in [-0.4, -0.2) is 29.6 Å². The highest BCUT2D eigenvalue weighted by molar-refractivity contribution is 5.95. The van der Waals surface area contributed by atoms with Crippen molar-refractivity contribution in [3.8, 4) is 0 Å². The van der Waals surface area contributed by atoms with Crippen LogP contribution in [0, 0.1) is 50.7 Å². The summed E-state index contributed by atoms with van der Waals surface area (Å²) in [5, 5.41) is 11.0. The molecule has 0 spiro atoms. The first-order chi connectivity index (χ1) is 24.2. The lowest BCUT2D eigenvalue weighted by Crippen LogP contribution is -2.66. The summed E-state index contributed by atoms with van der Waals surface area (Å²) in [5.41, 5.74) is 1.12. The van der Waals surface area contributed by atoms with Crippen LogP contribution in [0.1, 0.15) is 209 Å². The van der Waals surface area contributed by atoms with Gasteiger partial charge in [0.1, 0.15) is 0 Å². The predicted molar refractivity (Wildman–Crippen MR) is 211 cm³/mol. The van der Waals surface area contributed by atoms with Crippen LogP contribution in [0.2, 0.25) is 0 Å². The van der Waals surface area contributed by atoms with Gasteiger partial charge in [-0.15, -0.1) is 0 Å². The Morgan fingerprint density at radius 1 is 0.725 bits per heavy atom. The van der Waals surface area contributed by atoms with Crippen LogP contribution in [0.5, 0.6) is 0 Å². The number of esters is 1. The third kappa shape index (κ3) is 8.27. The molecule has 0 amide bonds. The average Bonchev–Trinajstić information content (AvgIpc) is 3.08. The molecule has 5 aliphatic rings. The van der Waals surface area contributed by atoms with Crippen molar-refractivity contribution >= 4 is 11.8 Å². The van der Waals surface area contributed by atoms with Gasteiger partial charge in [-0.1, -0.05) is 150 Å². The van der Waals surface area contributed by atoms with E-state index in [1.54, 1.807) is 0 Å². The van der Waals surface area contributed by atoms with E-state index < -0.39 is 0 Å². The summed E-state index contributed by atoms with van der Waals surface area (Å²) in [6.07, 6.45) is 32.3. The van der Waals surface area contributed by atoms with Crippen molar-refractivity contribution in [2.45, 2.75) is 215 Å². The van der Waals surface area contributed by atoms with Gasteiger partial charge in [-0.2, -0.15) is 0 Å². The zero-order valence-corrected chi connectivity index (χ0v) is 34.5. The third-order valence-corrected chi connectivity index (χ3v) is 16.8. The molecule has 0 radical (unpaired) electrons. The van der Waals surface area contributed by atoms with E-state index in [0.717, 1.165) is 64.2 Å². The second-order valence-corrected chi connectivity index (χ2v) is 20.3. The largest absolute Gasteiger partial charge is 0.465 e. The zero-order chi connectivity index (χ0) is 36.9. The Hall–Kier alpha value is -1.16. The van der Waals surface area contributed by atoms with Gasteiger partial charge in [0, 0.05) is 5.92 Å². The quantitative estimate of drug-likeness (QED) is 0.114. The van der Waals surface area contributed by atoms with Crippen molar-refractivity contribution in [2.24, 2.45) is 50.7 Å². The maximum atomic E-state index is 14.5. The fraction of sp³-hybridized carbons (Fsp3) is 0.915. The van der Waals surface area contributed by atoms with Crippen LogP contribution in [0.15, 0.2) is 11.6 Å². The fourth-order valence-electron chi connectivity index (χ4n) is 13.2. The molecule has 4 heteroatoms. The lowest BCUT2D eigenvalue weighted by Gasteiger charge is -2.70. The second-order valence-electron chi connectivity index (χ2n) is 20.3. The van der Waals surface area contributed by atoms with Crippen LogP contribution < -0.4 is 0 Å². The van der Waals surface area contributed by atoms with Gasteiger partial charge in [-0.05, 0) is 109 Å². The number of hydrogen-bond donors (Lipinski definition) is 1. The third-order valence-electron chi connectivity index (χ3n) is 16.8. The molecular formula is C47H80O4. The van der Waals surface area contributed by atoms with Gasteiger partial charge < -0.3 is 9.84 Å². The Morgan fingerprint density at radius 3 is 1.88 bits per heavy atom. The minimum absolute atomic E-state index is 0.00213. The SMILES string of the molecule is CCCCCCCCCCCCCCCCCCOC(=O)C1CCC2(C)CCC3(C)C(=CC(=O)C4C5(C)CCC(O)C(C)(C)C5CCC43C)C2C1. The van der Waals surface area contributed by atoms with E-state index in [-0.39, 0.29) is 56.9 Å². The minimum Gasteiger partial charge on any atom is -0.465 e. The molecule has 4 nitrogen and oxygen atoms in total. The molecule has 4 saturated carbocycles. The second kappa shape index (κ2) is 17.1. The standard InChI is InChI=1S/C47H80O4/c1-8-9-10-11-12-13-14-15-16-17-18-19-20-21-22-23-32-51-42(50)35-24-27-44(4)30-31-46(6)37(36(44)33-35)34-38(48)41-45(5)28-26-40(49)43(2,3)39(45)25-29-47(41,46)7/h34-36,39-41,49H,8-33H2,1-7H3. The van der Waals surface area contributed by atoms with Crippen molar-refractivity contribution in [1.82, 2.24) is 0 Å². The molecule has 51 heavy (non-hydrogen) atoms. The summed E-state index contributed by atoms with van der Waals surface area (Å²) in [5.74, 6) is 0.913. The van der Waals surface area contributed by atoms with Gasteiger partial charge in [0.25, 0.3) is 0 Å². The van der Waals surface area contributed by atoms with E-state index in [0.29, 0.717) is 18.3 Å². The van der Waals surface area contributed by atoms with Crippen LogP contribution in [0.3, 0.4) is 0 Å². The van der Waals surface area contributed by atoms with E-state index >= 15 is 0 Å². The highest BCUT2D eigenvalue weighted by Gasteiger charge is 2.69. The maximum absolute atomic E-state index is 14.5. The number of hydrogen-bond acceptors (Lipinski definition) is 4. The smallest absolute Gasteiger partial charge is 0.308 e. The number of unbranched alkanes of at least 4 members (excludes halogenated alkanes) is 15. The van der Waals surface area contributed by atoms with Gasteiger partial charge in [0.05, 0.1) is 18.6 Å². The lowest BCUT2D eigenvalue weighted by molar-refractivity contribution is -0.201. The molecule has 9 unspecified atom stereocenters. The summed E-state index contributed by atoms with van der Waals surface area (Å²) in [6, 6.07) is 0. The minimum atomic E-state index is -0.293. The maximum Gasteiger partial charge on any atom is 0.308 e.